The van der Waals surface area contributed by atoms with E-state index in [0.29, 0.717) is 6.54 Å². The number of hydrogen-bond acceptors (Lipinski definition) is 3. The van der Waals surface area contributed by atoms with Crippen molar-refractivity contribution in [3.05, 3.63) is 63.9 Å². The maximum atomic E-state index is 13.6. The Hall–Kier alpha value is -1.93. The standard InChI is InChI=1S/C15H14BrFN2O3S/c1-23(21,22)19-14-8-11(4-7-13(14)17)15(20)18-9-10-2-5-12(16)6-3-10/h2-8,19H,9H2,1H3,(H,18,20). The molecule has 122 valence electrons. The monoisotopic (exact) mass is 400 g/mol. The molecule has 0 fully saturated rings. The van der Waals surface area contributed by atoms with E-state index in [4.69, 9.17) is 0 Å². The van der Waals surface area contributed by atoms with Gasteiger partial charge in [0.15, 0.2) is 0 Å². The molecule has 8 heteroatoms. The zero-order valence-electron chi connectivity index (χ0n) is 12.1. The summed E-state index contributed by atoms with van der Waals surface area (Å²) in [4.78, 5) is 12.1. The normalized spacial score (nSPS) is 11.1. The van der Waals surface area contributed by atoms with Crippen LogP contribution in [0.3, 0.4) is 0 Å². The Balaban J connectivity index is 2.10. The highest BCUT2D eigenvalue weighted by molar-refractivity contribution is 9.10. The predicted octanol–water partition coefficient (Wildman–Crippen LogP) is 2.89. The molecule has 0 saturated heterocycles. The van der Waals surface area contributed by atoms with Gasteiger partial charge < -0.3 is 5.32 Å². The fourth-order valence-corrected chi connectivity index (χ4v) is 2.65. The van der Waals surface area contributed by atoms with E-state index < -0.39 is 21.7 Å². The van der Waals surface area contributed by atoms with Gasteiger partial charge in [0.05, 0.1) is 11.9 Å². The van der Waals surface area contributed by atoms with Crippen LogP contribution in [0.1, 0.15) is 15.9 Å². The van der Waals surface area contributed by atoms with Crippen LogP contribution < -0.4 is 10.0 Å². The second-order valence-electron chi connectivity index (χ2n) is 4.88. The third-order valence-corrected chi connectivity index (χ3v) is 4.01. The second kappa shape index (κ2) is 7.10. The van der Waals surface area contributed by atoms with Crippen LogP contribution in [0.4, 0.5) is 10.1 Å². The van der Waals surface area contributed by atoms with Crippen LogP contribution in [0, 0.1) is 5.82 Å². The van der Waals surface area contributed by atoms with Crippen molar-refractivity contribution in [1.82, 2.24) is 5.32 Å². The summed E-state index contributed by atoms with van der Waals surface area (Å²) in [6, 6.07) is 10.9. The number of carbonyl (C=O) groups is 1. The summed E-state index contributed by atoms with van der Waals surface area (Å²) in [6.07, 6.45) is 0.909. The van der Waals surface area contributed by atoms with E-state index in [9.17, 15) is 17.6 Å². The molecule has 0 aliphatic carbocycles. The van der Waals surface area contributed by atoms with Crippen LogP contribution in [-0.4, -0.2) is 20.6 Å². The van der Waals surface area contributed by atoms with Crippen molar-refractivity contribution < 1.29 is 17.6 Å². The molecule has 0 saturated carbocycles. The number of hydrogen-bond donors (Lipinski definition) is 2. The Morgan fingerprint density at radius 2 is 1.83 bits per heavy atom. The Bertz CT molecular complexity index is 823. The van der Waals surface area contributed by atoms with Gasteiger partial charge in [0.25, 0.3) is 5.91 Å². The highest BCUT2D eigenvalue weighted by Gasteiger charge is 2.12. The molecule has 0 radical (unpaired) electrons. The van der Waals surface area contributed by atoms with E-state index in [1.165, 1.54) is 6.07 Å². The SMILES string of the molecule is CS(=O)(=O)Nc1cc(C(=O)NCc2ccc(Br)cc2)ccc1F. The molecular weight excluding hydrogens is 387 g/mol. The van der Waals surface area contributed by atoms with Crippen LogP contribution in [0.25, 0.3) is 0 Å². The summed E-state index contributed by atoms with van der Waals surface area (Å²) in [6.45, 7) is 0.304. The third kappa shape index (κ3) is 5.33. The average Bonchev–Trinajstić information content (AvgIpc) is 2.47. The maximum absolute atomic E-state index is 13.6. The second-order valence-corrected chi connectivity index (χ2v) is 7.54. The molecule has 1 amide bonds. The summed E-state index contributed by atoms with van der Waals surface area (Å²) >= 11 is 3.32. The van der Waals surface area contributed by atoms with Gasteiger partial charge in [-0.3, -0.25) is 9.52 Å². The molecule has 0 heterocycles. The van der Waals surface area contributed by atoms with Crippen LogP contribution >= 0.6 is 15.9 Å². The highest BCUT2D eigenvalue weighted by Crippen LogP contribution is 2.17. The molecule has 2 N–H and O–H groups in total. The number of rotatable bonds is 5. The topological polar surface area (TPSA) is 75.3 Å². The van der Waals surface area contributed by atoms with Gasteiger partial charge in [-0.25, -0.2) is 12.8 Å². The van der Waals surface area contributed by atoms with Crippen LogP contribution in [0.15, 0.2) is 46.9 Å². The van der Waals surface area contributed by atoms with E-state index in [-0.39, 0.29) is 11.3 Å². The molecule has 5 nitrogen and oxygen atoms in total. The first-order valence-corrected chi connectivity index (χ1v) is 9.23. The fraction of sp³-hybridized carbons (Fsp3) is 0.133. The molecule has 0 atom stereocenters. The number of benzene rings is 2. The van der Waals surface area contributed by atoms with Crippen molar-refractivity contribution in [2.75, 3.05) is 11.0 Å². The number of nitrogens with one attached hydrogen (secondary N) is 2. The van der Waals surface area contributed by atoms with Crippen molar-refractivity contribution in [2.24, 2.45) is 0 Å². The van der Waals surface area contributed by atoms with Gasteiger partial charge in [0.2, 0.25) is 10.0 Å². The molecule has 2 aromatic rings. The molecule has 2 rings (SSSR count). The summed E-state index contributed by atoms with van der Waals surface area (Å²) in [5.41, 5.74) is 0.802. The van der Waals surface area contributed by atoms with Gasteiger partial charge in [-0.05, 0) is 35.9 Å². The zero-order valence-corrected chi connectivity index (χ0v) is 14.5. The largest absolute Gasteiger partial charge is 0.348 e. The molecule has 0 spiro atoms. The van der Waals surface area contributed by atoms with Crippen molar-refractivity contribution >= 4 is 37.5 Å². The van der Waals surface area contributed by atoms with E-state index in [0.717, 1.165) is 28.4 Å². The molecule has 2 aromatic carbocycles. The van der Waals surface area contributed by atoms with Crippen molar-refractivity contribution in [2.45, 2.75) is 6.54 Å². The summed E-state index contributed by atoms with van der Waals surface area (Å²) < 4.78 is 38.9. The molecule has 0 aromatic heterocycles. The van der Waals surface area contributed by atoms with Gasteiger partial charge in [-0.15, -0.1) is 0 Å². The lowest BCUT2D eigenvalue weighted by atomic mass is 10.1. The van der Waals surface area contributed by atoms with Gasteiger partial charge in [0, 0.05) is 16.6 Å². The number of halogens is 2. The first kappa shape index (κ1) is 17.4. The minimum absolute atomic E-state index is 0.162. The lowest BCUT2D eigenvalue weighted by molar-refractivity contribution is 0.0951. The fourth-order valence-electron chi connectivity index (χ4n) is 1.83. The van der Waals surface area contributed by atoms with Crippen LogP contribution in [-0.2, 0) is 16.6 Å². The Morgan fingerprint density at radius 1 is 1.17 bits per heavy atom. The molecule has 0 bridgehead atoms. The summed E-state index contributed by atoms with van der Waals surface area (Å²) in [5, 5.41) is 2.69. The molecule has 0 unspecified atom stereocenters. The first-order valence-electron chi connectivity index (χ1n) is 6.54. The Kier molecular flexibility index (Phi) is 5.38. The van der Waals surface area contributed by atoms with Crippen molar-refractivity contribution in [1.29, 1.82) is 0 Å². The van der Waals surface area contributed by atoms with Crippen LogP contribution in [0.2, 0.25) is 0 Å². The Labute approximate surface area is 142 Å². The van der Waals surface area contributed by atoms with E-state index in [1.807, 2.05) is 29.0 Å². The number of sulfonamides is 1. The van der Waals surface area contributed by atoms with E-state index in [2.05, 4.69) is 21.2 Å². The number of carbonyl (C=O) groups excluding carboxylic acids is 1. The summed E-state index contributed by atoms with van der Waals surface area (Å²) in [7, 11) is -3.63. The van der Waals surface area contributed by atoms with Gasteiger partial charge in [0.1, 0.15) is 5.82 Å². The minimum Gasteiger partial charge on any atom is -0.348 e. The third-order valence-electron chi connectivity index (χ3n) is 2.89. The minimum atomic E-state index is -3.63. The van der Waals surface area contributed by atoms with Crippen molar-refractivity contribution in [3.8, 4) is 0 Å². The number of anilines is 1. The molecular formula is C15H14BrFN2O3S. The lowest BCUT2D eigenvalue weighted by Crippen LogP contribution is -2.23. The molecule has 0 aliphatic rings. The highest BCUT2D eigenvalue weighted by atomic mass is 79.9. The lowest BCUT2D eigenvalue weighted by Gasteiger charge is -2.09. The van der Waals surface area contributed by atoms with Crippen LogP contribution in [0.5, 0.6) is 0 Å². The Morgan fingerprint density at radius 3 is 2.43 bits per heavy atom. The zero-order chi connectivity index (χ0) is 17.0. The summed E-state index contributed by atoms with van der Waals surface area (Å²) in [5.74, 6) is -1.18. The predicted molar refractivity (Wildman–Crippen MR) is 90.2 cm³/mol. The van der Waals surface area contributed by atoms with Gasteiger partial charge in [-0.1, -0.05) is 28.1 Å². The van der Waals surface area contributed by atoms with Crippen molar-refractivity contribution in [3.63, 3.8) is 0 Å². The first-order chi connectivity index (χ1) is 10.7. The van der Waals surface area contributed by atoms with E-state index in [1.54, 1.807) is 0 Å². The van der Waals surface area contributed by atoms with E-state index >= 15 is 0 Å². The molecule has 0 aliphatic heterocycles. The number of amides is 1. The molecule has 23 heavy (non-hydrogen) atoms. The van der Waals surface area contributed by atoms with Gasteiger partial charge in [-0.2, -0.15) is 0 Å². The smallest absolute Gasteiger partial charge is 0.251 e. The van der Waals surface area contributed by atoms with Gasteiger partial charge >= 0.3 is 0 Å². The average molecular weight is 401 g/mol. The maximum Gasteiger partial charge on any atom is 0.251 e. The quantitative estimate of drug-likeness (QED) is 0.809.